The fourth-order valence-electron chi connectivity index (χ4n) is 4.03. The molecule has 0 saturated carbocycles. The lowest BCUT2D eigenvalue weighted by atomic mass is 10.1. The van der Waals surface area contributed by atoms with Crippen molar-refractivity contribution in [3.8, 4) is 40.3 Å². The van der Waals surface area contributed by atoms with E-state index in [0.717, 1.165) is 0 Å². The molecule has 220 valence electrons. The Morgan fingerprint density at radius 3 is 2.60 bits per heavy atom. The number of anilines is 1. The SMILES string of the molecule is Cn1ccnc1-c1cc(NC(CCCCN)C(=O)O)ccc1Oc1c(F)cnc(Oc2cc(C(=N)N)ccc2O)c1F. The van der Waals surface area contributed by atoms with Crippen molar-refractivity contribution in [3.05, 3.63) is 72.2 Å². The largest absolute Gasteiger partial charge is 0.504 e. The second kappa shape index (κ2) is 13.0. The fraction of sp³-hybridized carbons (Fsp3) is 0.214. The second-order valence-electron chi connectivity index (χ2n) is 9.25. The molecular formula is C28H29F2N7O5. The number of aliphatic carboxylic acids is 1. The molecule has 2 aromatic carbocycles. The second-order valence-corrected chi connectivity index (χ2v) is 9.25. The van der Waals surface area contributed by atoms with Crippen molar-refractivity contribution >= 4 is 17.5 Å². The Bertz CT molecular complexity index is 1610. The van der Waals surface area contributed by atoms with E-state index in [1.165, 1.54) is 36.5 Å². The van der Waals surface area contributed by atoms with Crippen LogP contribution in [0, 0.1) is 17.0 Å². The normalized spacial score (nSPS) is 11.6. The van der Waals surface area contributed by atoms with Crippen molar-refractivity contribution < 1.29 is 33.3 Å². The predicted octanol–water partition coefficient (Wildman–Crippen LogP) is 4.33. The lowest BCUT2D eigenvalue weighted by molar-refractivity contribution is -0.138. The van der Waals surface area contributed by atoms with Gasteiger partial charge in [-0.05, 0) is 62.2 Å². The van der Waals surface area contributed by atoms with Gasteiger partial charge in [0.15, 0.2) is 17.3 Å². The Kier molecular flexibility index (Phi) is 9.17. The van der Waals surface area contributed by atoms with Crippen molar-refractivity contribution in [1.29, 1.82) is 5.41 Å². The molecule has 8 N–H and O–H groups in total. The van der Waals surface area contributed by atoms with Gasteiger partial charge in [-0.15, -0.1) is 0 Å². The van der Waals surface area contributed by atoms with E-state index in [2.05, 4.69) is 15.3 Å². The van der Waals surface area contributed by atoms with E-state index < -0.39 is 41.0 Å². The Morgan fingerprint density at radius 2 is 1.93 bits per heavy atom. The number of rotatable bonds is 13. The molecule has 4 rings (SSSR count). The zero-order valence-electron chi connectivity index (χ0n) is 22.5. The summed E-state index contributed by atoms with van der Waals surface area (Å²) in [5, 5.41) is 30.3. The summed E-state index contributed by atoms with van der Waals surface area (Å²) in [7, 11) is 1.71. The monoisotopic (exact) mass is 581 g/mol. The third-order valence-electron chi connectivity index (χ3n) is 6.22. The molecule has 0 saturated heterocycles. The lowest BCUT2D eigenvalue weighted by Crippen LogP contribution is -2.29. The number of pyridine rings is 1. The van der Waals surface area contributed by atoms with E-state index in [0.29, 0.717) is 49.1 Å². The first-order valence-corrected chi connectivity index (χ1v) is 12.8. The van der Waals surface area contributed by atoms with Gasteiger partial charge in [0.1, 0.15) is 23.5 Å². The van der Waals surface area contributed by atoms with Crippen molar-refractivity contribution in [3.63, 3.8) is 0 Å². The summed E-state index contributed by atoms with van der Waals surface area (Å²) in [5.74, 6) is -5.64. The number of unbranched alkanes of at least 4 members (excludes halogenated alkanes) is 1. The molecule has 0 bridgehead atoms. The molecular weight excluding hydrogens is 552 g/mol. The van der Waals surface area contributed by atoms with Crippen molar-refractivity contribution in [2.24, 2.45) is 18.5 Å². The van der Waals surface area contributed by atoms with Gasteiger partial charge in [-0.25, -0.2) is 19.2 Å². The molecule has 0 aliphatic carbocycles. The molecule has 4 aromatic rings. The molecule has 0 aliphatic heterocycles. The maximum Gasteiger partial charge on any atom is 0.326 e. The highest BCUT2D eigenvalue weighted by atomic mass is 19.1. The molecule has 14 heteroatoms. The first kappa shape index (κ1) is 29.7. The van der Waals surface area contributed by atoms with Crippen molar-refractivity contribution in [1.82, 2.24) is 14.5 Å². The number of aromatic hydroxyl groups is 1. The van der Waals surface area contributed by atoms with Gasteiger partial charge in [0.25, 0.3) is 5.88 Å². The van der Waals surface area contributed by atoms with Crippen LogP contribution in [-0.4, -0.2) is 49.1 Å². The van der Waals surface area contributed by atoms with E-state index in [-0.39, 0.29) is 22.9 Å². The number of aryl methyl sites for hydroxylation is 1. The highest BCUT2D eigenvalue weighted by molar-refractivity contribution is 5.95. The number of imidazole rings is 1. The van der Waals surface area contributed by atoms with Gasteiger partial charge in [0.2, 0.25) is 11.6 Å². The number of carbonyl (C=O) groups is 1. The number of amidine groups is 1. The molecule has 2 heterocycles. The number of nitrogens with one attached hydrogen (secondary N) is 2. The number of halogens is 2. The quantitative estimate of drug-likeness (QED) is 0.0751. The summed E-state index contributed by atoms with van der Waals surface area (Å²) in [6.45, 7) is 0.447. The molecule has 0 aliphatic rings. The van der Waals surface area contributed by atoms with Crippen LogP contribution in [0.4, 0.5) is 14.5 Å². The number of aromatic nitrogens is 3. The highest BCUT2D eigenvalue weighted by Crippen LogP contribution is 2.40. The van der Waals surface area contributed by atoms with Crippen LogP contribution in [0.2, 0.25) is 0 Å². The van der Waals surface area contributed by atoms with E-state index in [9.17, 15) is 19.4 Å². The van der Waals surface area contributed by atoms with Crippen LogP contribution in [0.15, 0.2) is 55.0 Å². The third-order valence-corrected chi connectivity index (χ3v) is 6.22. The maximum atomic E-state index is 15.5. The molecule has 12 nitrogen and oxygen atoms in total. The summed E-state index contributed by atoms with van der Waals surface area (Å²) in [6, 6.07) is 7.37. The van der Waals surface area contributed by atoms with Crippen molar-refractivity contribution in [2.45, 2.75) is 25.3 Å². The van der Waals surface area contributed by atoms with Gasteiger partial charge in [-0.3, -0.25) is 5.41 Å². The smallest absolute Gasteiger partial charge is 0.326 e. The number of carboxylic acids is 1. The van der Waals surface area contributed by atoms with Gasteiger partial charge >= 0.3 is 5.97 Å². The van der Waals surface area contributed by atoms with Crippen LogP contribution in [0.3, 0.4) is 0 Å². The van der Waals surface area contributed by atoms with Crippen LogP contribution in [0.25, 0.3) is 11.4 Å². The lowest BCUT2D eigenvalue weighted by Gasteiger charge is -2.18. The molecule has 0 amide bonds. The molecule has 1 atom stereocenters. The van der Waals surface area contributed by atoms with Crippen LogP contribution >= 0.6 is 0 Å². The topological polar surface area (TPSA) is 195 Å². The number of benzene rings is 2. The third kappa shape index (κ3) is 6.72. The molecule has 2 aromatic heterocycles. The summed E-state index contributed by atoms with van der Waals surface area (Å²) in [5.41, 5.74) is 11.9. The average Bonchev–Trinajstić information content (AvgIpc) is 3.38. The van der Waals surface area contributed by atoms with E-state index in [1.54, 1.807) is 23.9 Å². The number of phenolic OH excluding ortho intramolecular Hbond substituents is 1. The summed E-state index contributed by atoms with van der Waals surface area (Å²) >= 11 is 0. The Morgan fingerprint density at radius 1 is 1.14 bits per heavy atom. The average molecular weight is 582 g/mol. The molecule has 0 radical (unpaired) electrons. The minimum atomic E-state index is -1.30. The molecule has 0 spiro atoms. The number of nitrogen functional groups attached to an aromatic ring is 1. The Balaban J connectivity index is 1.69. The summed E-state index contributed by atoms with van der Waals surface area (Å²) in [6.07, 6.45) is 5.49. The highest BCUT2D eigenvalue weighted by Gasteiger charge is 2.24. The summed E-state index contributed by atoms with van der Waals surface area (Å²) < 4.78 is 43.1. The number of nitrogens with two attached hydrogens (primary N) is 2. The van der Waals surface area contributed by atoms with Crippen LogP contribution in [0.1, 0.15) is 24.8 Å². The fourth-order valence-corrected chi connectivity index (χ4v) is 4.03. The van der Waals surface area contributed by atoms with E-state index in [4.69, 9.17) is 26.4 Å². The van der Waals surface area contributed by atoms with Crippen LogP contribution in [-0.2, 0) is 11.8 Å². The standard InChI is InChI=1S/C28H29F2N7O5/c1-37-11-10-34-26(37)17-13-16(36-19(28(39)40)4-2-3-9-31)6-8-21(17)41-24-18(29)14-35-27(23(24)30)42-22-12-15(25(32)33)5-7-20(22)38/h5-8,10-14,19,36,38H,2-4,9,31H2,1H3,(H3,32,33)(H,39,40). The molecule has 42 heavy (non-hydrogen) atoms. The minimum Gasteiger partial charge on any atom is -0.504 e. The minimum absolute atomic E-state index is 0.00114. The summed E-state index contributed by atoms with van der Waals surface area (Å²) in [4.78, 5) is 19.7. The number of carboxylic acid groups (broad SMARTS) is 1. The first-order chi connectivity index (χ1) is 20.1. The van der Waals surface area contributed by atoms with E-state index in [1.807, 2.05) is 0 Å². The Hall–Kier alpha value is -5.24. The van der Waals surface area contributed by atoms with Gasteiger partial charge < -0.3 is 41.0 Å². The van der Waals surface area contributed by atoms with E-state index >= 15 is 4.39 Å². The number of ether oxygens (including phenoxy) is 2. The predicted molar refractivity (Wildman–Crippen MR) is 150 cm³/mol. The van der Waals surface area contributed by atoms with Crippen molar-refractivity contribution in [2.75, 3.05) is 11.9 Å². The first-order valence-electron chi connectivity index (χ1n) is 12.8. The van der Waals surface area contributed by atoms with Gasteiger partial charge in [0, 0.05) is 30.7 Å². The number of hydrogen-bond acceptors (Lipinski definition) is 9. The van der Waals surface area contributed by atoms with Gasteiger partial charge in [-0.1, -0.05) is 0 Å². The number of nitrogens with zero attached hydrogens (tertiary/aromatic N) is 3. The Labute approximate surface area is 239 Å². The maximum absolute atomic E-state index is 15.5. The molecule has 1 unspecified atom stereocenters. The van der Waals surface area contributed by atoms with Gasteiger partial charge in [-0.2, -0.15) is 4.39 Å². The number of phenols is 1. The number of hydrogen-bond donors (Lipinski definition) is 6. The van der Waals surface area contributed by atoms with Crippen LogP contribution < -0.4 is 26.3 Å². The zero-order chi connectivity index (χ0) is 30.4. The van der Waals surface area contributed by atoms with Gasteiger partial charge in [0.05, 0.1) is 11.8 Å². The zero-order valence-corrected chi connectivity index (χ0v) is 22.5. The molecule has 0 fully saturated rings. The van der Waals surface area contributed by atoms with Crippen LogP contribution in [0.5, 0.6) is 28.9 Å².